The van der Waals surface area contributed by atoms with E-state index in [1.165, 1.54) is 0 Å². The molecule has 1 atom stereocenters. The lowest BCUT2D eigenvalue weighted by atomic mass is 10.1. The van der Waals surface area contributed by atoms with Crippen LogP contribution in [-0.2, 0) is 6.42 Å². The average molecular weight is 204 g/mol. The van der Waals surface area contributed by atoms with Gasteiger partial charge in [0.2, 0.25) is 0 Å². The fourth-order valence-electron chi connectivity index (χ4n) is 1.13. The van der Waals surface area contributed by atoms with Gasteiger partial charge in [0, 0.05) is 0 Å². The van der Waals surface area contributed by atoms with Gasteiger partial charge >= 0.3 is 0 Å². The first-order chi connectivity index (χ1) is 6.50. The Morgan fingerprint density at radius 2 is 1.71 bits per heavy atom. The van der Waals surface area contributed by atoms with Crippen molar-refractivity contribution in [2.24, 2.45) is 0 Å². The van der Waals surface area contributed by atoms with Gasteiger partial charge in [0.15, 0.2) is 17.5 Å². The molecule has 1 unspecified atom stereocenters. The van der Waals surface area contributed by atoms with Crippen molar-refractivity contribution in [2.75, 3.05) is 0 Å². The molecule has 0 aliphatic carbocycles. The molecule has 0 bridgehead atoms. The smallest absolute Gasteiger partial charge is 0.194 e. The highest BCUT2D eigenvalue weighted by molar-refractivity contribution is 5.19. The molecule has 0 fully saturated rings. The predicted octanol–water partition coefficient (Wildman–Crippen LogP) is 2.42. The van der Waals surface area contributed by atoms with E-state index in [4.69, 9.17) is 5.11 Å². The van der Waals surface area contributed by atoms with Crippen LogP contribution >= 0.6 is 0 Å². The van der Waals surface area contributed by atoms with Crippen LogP contribution in [0.3, 0.4) is 0 Å². The predicted molar refractivity (Wildman–Crippen MR) is 46.3 cm³/mol. The summed E-state index contributed by atoms with van der Waals surface area (Å²) in [5.74, 6) is -3.83. The van der Waals surface area contributed by atoms with E-state index in [0.717, 1.165) is 12.1 Å². The van der Waals surface area contributed by atoms with Crippen molar-refractivity contribution in [1.82, 2.24) is 0 Å². The molecule has 14 heavy (non-hydrogen) atoms. The van der Waals surface area contributed by atoms with E-state index in [2.05, 4.69) is 0 Å². The van der Waals surface area contributed by atoms with Crippen LogP contribution in [0.2, 0.25) is 0 Å². The van der Waals surface area contributed by atoms with Crippen molar-refractivity contribution in [3.63, 3.8) is 0 Å². The quantitative estimate of drug-likeness (QED) is 0.749. The molecule has 4 heteroatoms. The molecule has 0 aliphatic heterocycles. The molecule has 1 N–H and O–H groups in total. The van der Waals surface area contributed by atoms with Crippen LogP contribution < -0.4 is 0 Å². The Morgan fingerprint density at radius 1 is 1.21 bits per heavy atom. The molecule has 0 spiro atoms. The van der Waals surface area contributed by atoms with Crippen molar-refractivity contribution in [3.05, 3.63) is 35.1 Å². The lowest BCUT2D eigenvalue weighted by molar-refractivity contribution is 0.185. The third kappa shape index (κ3) is 2.73. The number of benzene rings is 1. The van der Waals surface area contributed by atoms with Gasteiger partial charge < -0.3 is 5.11 Å². The summed E-state index contributed by atoms with van der Waals surface area (Å²) in [6.07, 6.45) is 0.183. The summed E-state index contributed by atoms with van der Waals surface area (Å²) in [5, 5.41) is 8.95. The Balaban J connectivity index is 2.79. The van der Waals surface area contributed by atoms with Gasteiger partial charge in [-0.05, 0) is 37.5 Å². The average Bonchev–Trinajstić information content (AvgIpc) is 2.10. The largest absolute Gasteiger partial charge is 0.393 e. The lowest BCUT2D eigenvalue weighted by Gasteiger charge is -2.05. The normalized spacial score (nSPS) is 12.9. The second kappa shape index (κ2) is 4.46. The summed E-state index contributed by atoms with van der Waals surface area (Å²) >= 11 is 0. The van der Waals surface area contributed by atoms with Crippen LogP contribution in [0.15, 0.2) is 12.1 Å². The van der Waals surface area contributed by atoms with Crippen molar-refractivity contribution >= 4 is 0 Å². The van der Waals surface area contributed by atoms with E-state index in [0.29, 0.717) is 18.4 Å². The number of hydrogen-bond donors (Lipinski definition) is 1. The molecule has 0 saturated heterocycles. The number of aryl methyl sites for hydroxylation is 1. The Labute approximate surface area is 80.2 Å². The maximum atomic E-state index is 12.7. The fourth-order valence-corrected chi connectivity index (χ4v) is 1.13. The number of rotatable bonds is 3. The molecule has 0 aliphatic rings. The molecule has 1 nitrogen and oxygen atoms in total. The molecular weight excluding hydrogens is 193 g/mol. The summed E-state index contributed by atoms with van der Waals surface area (Å²) in [6.45, 7) is 1.58. The van der Waals surface area contributed by atoms with Crippen LogP contribution in [0.4, 0.5) is 13.2 Å². The van der Waals surface area contributed by atoms with Crippen molar-refractivity contribution in [2.45, 2.75) is 25.9 Å². The molecule has 0 heterocycles. The second-order valence-corrected chi connectivity index (χ2v) is 3.26. The third-order valence-electron chi connectivity index (χ3n) is 1.89. The molecular formula is C10H11F3O. The molecule has 78 valence electrons. The molecule has 1 rings (SSSR count). The maximum absolute atomic E-state index is 12.7. The summed E-state index contributed by atoms with van der Waals surface area (Å²) < 4.78 is 37.9. The zero-order chi connectivity index (χ0) is 10.7. The van der Waals surface area contributed by atoms with E-state index in [1.54, 1.807) is 6.92 Å². The van der Waals surface area contributed by atoms with Gasteiger partial charge in [-0.25, -0.2) is 13.2 Å². The Kier molecular flexibility index (Phi) is 3.52. The fraction of sp³-hybridized carbons (Fsp3) is 0.400. The number of hydrogen-bond acceptors (Lipinski definition) is 1. The first-order valence-electron chi connectivity index (χ1n) is 4.32. The van der Waals surface area contributed by atoms with E-state index in [-0.39, 0.29) is 0 Å². The summed E-state index contributed by atoms with van der Waals surface area (Å²) in [5.41, 5.74) is 0.349. The zero-order valence-electron chi connectivity index (χ0n) is 7.73. The highest BCUT2D eigenvalue weighted by atomic mass is 19.2. The minimum atomic E-state index is -1.45. The third-order valence-corrected chi connectivity index (χ3v) is 1.89. The first-order valence-corrected chi connectivity index (χ1v) is 4.32. The van der Waals surface area contributed by atoms with E-state index in [9.17, 15) is 13.2 Å². The summed E-state index contributed by atoms with van der Waals surface area (Å²) in [7, 11) is 0. The number of aliphatic hydroxyl groups is 1. The van der Waals surface area contributed by atoms with Crippen LogP contribution in [0.25, 0.3) is 0 Å². The van der Waals surface area contributed by atoms with Crippen LogP contribution in [-0.4, -0.2) is 11.2 Å². The Hall–Kier alpha value is -1.03. The molecule has 0 aromatic heterocycles. The van der Waals surface area contributed by atoms with Crippen LogP contribution in [0.5, 0.6) is 0 Å². The lowest BCUT2D eigenvalue weighted by Crippen LogP contribution is -2.02. The topological polar surface area (TPSA) is 20.2 Å². The standard InChI is InChI=1S/C10H11F3O/c1-6(14)2-3-7-4-8(11)10(13)9(12)5-7/h4-6,14H,2-3H2,1H3. The highest BCUT2D eigenvalue weighted by Crippen LogP contribution is 2.15. The minimum Gasteiger partial charge on any atom is -0.393 e. The van der Waals surface area contributed by atoms with Crippen LogP contribution in [0, 0.1) is 17.5 Å². The van der Waals surface area contributed by atoms with Crippen LogP contribution in [0.1, 0.15) is 18.9 Å². The summed E-state index contributed by atoms with van der Waals surface area (Å²) in [6, 6.07) is 1.89. The summed E-state index contributed by atoms with van der Waals surface area (Å²) in [4.78, 5) is 0. The van der Waals surface area contributed by atoms with E-state index >= 15 is 0 Å². The number of halogens is 3. The van der Waals surface area contributed by atoms with E-state index < -0.39 is 23.6 Å². The molecule has 0 amide bonds. The zero-order valence-corrected chi connectivity index (χ0v) is 7.73. The SMILES string of the molecule is CC(O)CCc1cc(F)c(F)c(F)c1. The van der Waals surface area contributed by atoms with Gasteiger partial charge in [-0.3, -0.25) is 0 Å². The first kappa shape index (κ1) is 11.0. The molecule has 0 radical (unpaired) electrons. The van der Waals surface area contributed by atoms with E-state index in [1.807, 2.05) is 0 Å². The van der Waals surface area contributed by atoms with Gasteiger partial charge in [0.1, 0.15) is 0 Å². The molecule has 0 saturated carbocycles. The van der Waals surface area contributed by atoms with Gasteiger partial charge in [0.05, 0.1) is 6.10 Å². The van der Waals surface area contributed by atoms with Crippen molar-refractivity contribution < 1.29 is 18.3 Å². The molecule has 1 aromatic carbocycles. The maximum Gasteiger partial charge on any atom is 0.194 e. The highest BCUT2D eigenvalue weighted by Gasteiger charge is 2.10. The van der Waals surface area contributed by atoms with Gasteiger partial charge in [-0.1, -0.05) is 0 Å². The minimum absolute atomic E-state index is 0.325. The Bertz CT molecular complexity index is 300. The second-order valence-electron chi connectivity index (χ2n) is 3.26. The van der Waals surface area contributed by atoms with Crippen molar-refractivity contribution in [3.8, 4) is 0 Å². The molecule has 1 aromatic rings. The van der Waals surface area contributed by atoms with Crippen molar-refractivity contribution in [1.29, 1.82) is 0 Å². The Morgan fingerprint density at radius 3 is 2.14 bits per heavy atom. The monoisotopic (exact) mass is 204 g/mol. The number of aliphatic hydroxyl groups excluding tert-OH is 1. The van der Waals surface area contributed by atoms with Gasteiger partial charge in [-0.2, -0.15) is 0 Å². The van der Waals surface area contributed by atoms with Gasteiger partial charge in [-0.15, -0.1) is 0 Å². The van der Waals surface area contributed by atoms with Gasteiger partial charge in [0.25, 0.3) is 0 Å².